The molecule has 0 aliphatic heterocycles. The molecular formula is C16H19NO3. The molecule has 0 amide bonds. The lowest BCUT2D eigenvalue weighted by molar-refractivity contribution is 0.306. The number of aromatic hydroxyl groups is 1. The molecular weight excluding hydrogens is 254 g/mol. The maximum atomic E-state index is 9.87. The maximum absolute atomic E-state index is 9.87. The molecule has 0 fully saturated rings. The number of nitrogens with one attached hydrogen (secondary N) is 1. The van der Waals surface area contributed by atoms with Gasteiger partial charge in [0, 0.05) is 5.92 Å². The van der Waals surface area contributed by atoms with E-state index in [2.05, 4.69) is 11.9 Å². The van der Waals surface area contributed by atoms with E-state index in [0.29, 0.717) is 11.3 Å². The first-order valence-corrected chi connectivity index (χ1v) is 6.50. The smallest absolute Gasteiger partial charge is 0.138 e. The first kappa shape index (κ1) is 14.2. The van der Waals surface area contributed by atoms with E-state index >= 15 is 0 Å². The minimum Gasteiger partial charge on any atom is -0.506 e. The highest BCUT2D eigenvalue weighted by molar-refractivity contribution is 5.56. The van der Waals surface area contributed by atoms with E-state index in [1.807, 2.05) is 25.1 Å². The summed E-state index contributed by atoms with van der Waals surface area (Å²) >= 11 is 0. The van der Waals surface area contributed by atoms with Crippen LogP contribution in [0.15, 0.2) is 59.2 Å². The van der Waals surface area contributed by atoms with Gasteiger partial charge in [-0.25, -0.2) is 0 Å². The Hall–Kier alpha value is -2.20. The predicted molar refractivity (Wildman–Crippen MR) is 78.6 cm³/mol. The minimum atomic E-state index is -0.210. The number of hydrogen-bond donors (Lipinski definition) is 3. The Morgan fingerprint density at radius 1 is 1.30 bits per heavy atom. The second kappa shape index (κ2) is 6.30. The summed E-state index contributed by atoms with van der Waals surface area (Å²) in [5.74, 6) is 0.854. The molecule has 1 aromatic heterocycles. The van der Waals surface area contributed by atoms with Gasteiger partial charge >= 0.3 is 0 Å². The monoisotopic (exact) mass is 273 g/mol. The summed E-state index contributed by atoms with van der Waals surface area (Å²) in [7, 11) is 0. The number of phenols is 1. The summed E-state index contributed by atoms with van der Waals surface area (Å²) in [5, 5.41) is 22.4. The third-order valence-electron chi connectivity index (χ3n) is 3.41. The van der Waals surface area contributed by atoms with Crippen LogP contribution in [0.1, 0.15) is 18.7 Å². The molecule has 2 atom stereocenters. The summed E-state index contributed by atoms with van der Waals surface area (Å²) < 4.78 is 5.46. The molecule has 2 rings (SSSR count). The Kier molecular flexibility index (Phi) is 4.48. The Morgan fingerprint density at radius 2 is 2.05 bits per heavy atom. The van der Waals surface area contributed by atoms with E-state index < -0.39 is 0 Å². The number of benzene rings is 1. The van der Waals surface area contributed by atoms with Crippen molar-refractivity contribution in [2.75, 3.05) is 11.9 Å². The standard InChI is InChI=1S/C16H19NO3/c1-11(10-18)12(2)16(15-8-5-9-20-15)17-13-6-3-4-7-14(13)19/h3-9,12,16-19H,1,10H2,2H3/t12-,16+/m1/s1. The van der Waals surface area contributed by atoms with Crippen molar-refractivity contribution in [3.63, 3.8) is 0 Å². The van der Waals surface area contributed by atoms with Crippen molar-refractivity contribution in [1.82, 2.24) is 0 Å². The van der Waals surface area contributed by atoms with Gasteiger partial charge in [0.1, 0.15) is 11.5 Å². The summed E-state index contributed by atoms with van der Waals surface area (Å²) in [5.41, 5.74) is 1.32. The van der Waals surface area contributed by atoms with Gasteiger partial charge in [0.2, 0.25) is 0 Å². The van der Waals surface area contributed by atoms with Gasteiger partial charge in [0.15, 0.2) is 0 Å². The van der Waals surface area contributed by atoms with Crippen LogP contribution >= 0.6 is 0 Å². The number of para-hydroxylation sites is 2. The van der Waals surface area contributed by atoms with Crippen molar-refractivity contribution in [2.45, 2.75) is 13.0 Å². The largest absolute Gasteiger partial charge is 0.506 e. The summed E-state index contributed by atoms with van der Waals surface area (Å²) in [6, 6.07) is 10.5. The van der Waals surface area contributed by atoms with Crippen molar-refractivity contribution in [2.24, 2.45) is 5.92 Å². The topological polar surface area (TPSA) is 65.6 Å². The van der Waals surface area contributed by atoms with Crippen molar-refractivity contribution < 1.29 is 14.6 Å². The SMILES string of the molecule is C=C(CO)[C@@H](C)[C@H](Nc1ccccc1O)c1ccco1. The van der Waals surface area contributed by atoms with Gasteiger partial charge in [-0.15, -0.1) is 0 Å². The quantitative estimate of drug-likeness (QED) is 0.558. The zero-order chi connectivity index (χ0) is 14.5. The zero-order valence-corrected chi connectivity index (χ0v) is 11.4. The van der Waals surface area contributed by atoms with Crippen LogP contribution in [-0.2, 0) is 0 Å². The molecule has 106 valence electrons. The van der Waals surface area contributed by atoms with E-state index in [4.69, 9.17) is 4.42 Å². The Morgan fingerprint density at radius 3 is 2.65 bits per heavy atom. The lowest BCUT2D eigenvalue weighted by atomic mass is 9.92. The van der Waals surface area contributed by atoms with Crippen molar-refractivity contribution in [3.8, 4) is 5.75 Å². The van der Waals surface area contributed by atoms with Gasteiger partial charge in [-0.3, -0.25) is 0 Å². The highest BCUT2D eigenvalue weighted by atomic mass is 16.3. The fourth-order valence-electron chi connectivity index (χ4n) is 2.05. The molecule has 3 N–H and O–H groups in total. The Labute approximate surface area is 118 Å². The summed E-state index contributed by atoms with van der Waals surface area (Å²) in [6.45, 7) is 5.75. The van der Waals surface area contributed by atoms with Crippen LogP contribution in [0.3, 0.4) is 0 Å². The average Bonchev–Trinajstić information content (AvgIpc) is 2.99. The van der Waals surface area contributed by atoms with Crippen molar-refractivity contribution in [1.29, 1.82) is 0 Å². The van der Waals surface area contributed by atoms with Gasteiger partial charge in [0.05, 0.1) is 24.6 Å². The number of anilines is 1. The van der Waals surface area contributed by atoms with E-state index in [1.165, 1.54) is 0 Å². The fourth-order valence-corrected chi connectivity index (χ4v) is 2.05. The van der Waals surface area contributed by atoms with Crippen LogP contribution in [0.25, 0.3) is 0 Å². The first-order valence-electron chi connectivity index (χ1n) is 6.50. The van der Waals surface area contributed by atoms with Gasteiger partial charge in [-0.1, -0.05) is 25.6 Å². The second-order valence-corrected chi connectivity index (χ2v) is 4.76. The molecule has 4 nitrogen and oxygen atoms in total. The van der Waals surface area contributed by atoms with Crippen LogP contribution in [0.2, 0.25) is 0 Å². The van der Waals surface area contributed by atoms with Gasteiger partial charge in [-0.2, -0.15) is 0 Å². The maximum Gasteiger partial charge on any atom is 0.138 e. The molecule has 0 aliphatic rings. The van der Waals surface area contributed by atoms with Gasteiger partial charge in [-0.05, 0) is 29.8 Å². The third-order valence-corrected chi connectivity index (χ3v) is 3.41. The number of hydrogen-bond acceptors (Lipinski definition) is 4. The molecule has 0 aliphatic carbocycles. The molecule has 2 aromatic rings. The first-order chi connectivity index (χ1) is 9.63. The van der Waals surface area contributed by atoms with E-state index in [1.54, 1.807) is 24.5 Å². The molecule has 0 unspecified atom stereocenters. The van der Waals surface area contributed by atoms with Crippen LogP contribution < -0.4 is 5.32 Å². The van der Waals surface area contributed by atoms with Gasteiger partial charge in [0.25, 0.3) is 0 Å². The highest BCUT2D eigenvalue weighted by Gasteiger charge is 2.24. The van der Waals surface area contributed by atoms with Crippen LogP contribution in [0.5, 0.6) is 5.75 Å². The predicted octanol–water partition coefficient (Wildman–Crippen LogP) is 3.32. The van der Waals surface area contributed by atoms with Crippen LogP contribution in [-0.4, -0.2) is 16.8 Å². The Bertz CT molecular complexity index is 563. The van der Waals surface area contributed by atoms with Gasteiger partial charge < -0.3 is 19.9 Å². The second-order valence-electron chi connectivity index (χ2n) is 4.76. The summed E-state index contributed by atoms with van der Waals surface area (Å²) in [4.78, 5) is 0. The number of phenolic OH excluding ortho intramolecular Hbond substituents is 1. The fraction of sp³-hybridized carbons (Fsp3) is 0.250. The number of aliphatic hydroxyl groups excluding tert-OH is 1. The highest BCUT2D eigenvalue weighted by Crippen LogP contribution is 2.33. The molecule has 20 heavy (non-hydrogen) atoms. The molecule has 0 radical (unpaired) electrons. The Balaban J connectivity index is 2.28. The molecule has 4 heteroatoms. The number of rotatable bonds is 6. The van der Waals surface area contributed by atoms with E-state index in [-0.39, 0.29) is 24.3 Å². The normalized spacial score (nSPS) is 13.7. The molecule has 1 aromatic carbocycles. The molecule has 0 bridgehead atoms. The molecule has 0 saturated heterocycles. The van der Waals surface area contributed by atoms with E-state index in [0.717, 1.165) is 5.76 Å². The van der Waals surface area contributed by atoms with E-state index in [9.17, 15) is 10.2 Å². The average molecular weight is 273 g/mol. The molecule has 1 heterocycles. The lowest BCUT2D eigenvalue weighted by Crippen LogP contribution is -2.21. The molecule has 0 saturated carbocycles. The van der Waals surface area contributed by atoms with Crippen molar-refractivity contribution in [3.05, 3.63) is 60.6 Å². The summed E-state index contributed by atoms with van der Waals surface area (Å²) in [6.07, 6.45) is 1.60. The minimum absolute atomic E-state index is 0.0502. The number of aliphatic hydroxyl groups is 1. The van der Waals surface area contributed by atoms with Crippen LogP contribution in [0.4, 0.5) is 5.69 Å². The third kappa shape index (κ3) is 3.03. The molecule has 0 spiro atoms. The zero-order valence-electron chi connectivity index (χ0n) is 11.4. The van der Waals surface area contributed by atoms with Crippen LogP contribution in [0, 0.1) is 5.92 Å². The lowest BCUT2D eigenvalue weighted by Gasteiger charge is -2.25. The van der Waals surface area contributed by atoms with Crippen molar-refractivity contribution >= 4 is 5.69 Å². The number of furan rings is 1.